The van der Waals surface area contributed by atoms with Gasteiger partial charge < -0.3 is 10.4 Å². The van der Waals surface area contributed by atoms with Crippen LogP contribution in [0.3, 0.4) is 0 Å². The van der Waals surface area contributed by atoms with E-state index >= 15 is 0 Å². The molecule has 0 aliphatic heterocycles. The summed E-state index contributed by atoms with van der Waals surface area (Å²) in [5, 5.41) is 17.7. The number of carboxylic acids is 1. The first-order valence-corrected chi connectivity index (χ1v) is 6.00. The molecule has 0 fully saturated rings. The first-order chi connectivity index (χ1) is 9.92. The predicted octanol–water partition coefficient (Wildman–Crippen LogP) is 2.20. The lowest BCUT2D eigenvalue weighted by molar-refractivity contribution is 0.0691. The summed E-state index contributed by atoms with van der Waals surface area (Å²) in [4.78, 5) is 23.0. The smallest absolute Gasteiger partial charge is 0.336 e. The van der Waals surface area contributed by atoms with Crippen molar-refractivity contribution >= 4 is 17.7 Å². The molecule has 110 valence electrons. The van der Waals surface area contributed by atoms with Gasteiger partial charge in [0.2, 0.25) is 0 Å². The molecule has 1 amide bonds. The molecule has 0 aliphatic rings. The van der Waals surface area contributed by atoms with Gasteiger partial charge in [0.25, 0.3) is 5.91 Å². The van der Waals surface area contributed by atoms with Crippen LogP contribution in [0.1, 0.15) is 33.3 Å². The number of rotatable bonds is 4. The van der Waals surface area contributed by atoms with E-state index in [1.54, 1.807) is 6.07 Å². The van der Waals surface area contributed by atoms with E-state index in [0.717, 1.165) is 5.69 Å². The first-order valence-electron chi connectivity index (χ1n) is 6.00. The summed E-state index contributed by atoms with van der Waals surface area (Å²) in [6, 6.07) is 2.56. The number of carboxylic acid groups (broad SMARTS) is 1. The van der Waals surface area contributed by atoms with Crippen LogP contribution in [0.5, 0.6) is 0 Å². The fourth-order valence-electron chi connectivity index (χ4n) is 1.70. The number of aryl methyl sites for hydroxylation is 1. The van der Waals surface area contributed by atoms with Crippen LogP contribution < -0.4 is 5.32 Å². The molecule has 2 aromatic rings. The molecule has 0 saturated carbocycles. The average molecular weight is 295 g/mol. The van der Waals surface area contributed by atoms with Gasteiger partial charge in [-0.15, -0.1) is 0 Å². The SMILES string of the molecule is CCc1cc(NC(=O)c2cc(F)c(F)cc2C(=O)O)n[nH]1. The fraction of sp³-hybridized carbons (Fsp3) is 0.154. The van der Waals surface area contributed by atoms with Crippen LogP contribution in [0, 0.1) is 11.6 Å². The minimum Gasteiger partial charge on any atom is -0.478 e. The lowest BCUT2D eigenvalue weighted by Crippen LogP contribution is -2.17. The van der Waals surface area contributed by atoms with Crippen molar-refractivity contribution in [1.29, 1.82) is 0 Å². The molecule has 0 radical (unpaired) electrons. The number of nitrogens with zero attached hydrogens (tertiary/aromatic N) is 1. The number of amides is 1. The summed E-state index contributed by atoms with van der Waals surface area (Å²) in [6.45, 7) is 1.87. The van der Waals surface area contributed by atoms with Crippen LogP contribution in [0.2, 0.25) is 0 Å². The van der Waals surface area contributed by atoms with Crippen molar-refractivity contribution in [2.24, 2.45) is 0 Å². The van der Waals surface area contributed by atoms with Crippen LogP contribution in [0.25, 0.3) is 0 Å². The van der Waals surface area contributed by atoms with Gasteiger partial charge in [0, 0.05) is 11.8 Å². The van der Waals surface area contributed by atoms with Crippen molar-refractivity contribution in [2.45, 2.75) is 13.3 Å². The average Bonchev–Trinajstić information content (AvgIpc) is 2.88. The van der Waals surface area contributed by atoms with E-state index < -0.39 is 34.6 Å². The Kier molecular flexibility index (Phi) is 3.97. The summed E-state index contributed by atoms with van der Waals surface area (Å²) in [7, 11) is 0. The number of carbonyl (C=O) groups is 2. The molecule has 0 atom stereocenters. The number of halogens is 2. The molecule has 0 bridgehead atoms. The van der Waals surface area contributed by atoms with Crippen LogP contribution in [0.15, 0.2) is 18.2 Å². The Bertz CT molecular complexity index is 713. The van der Waals surface area contributed by atoms with Gasteiger partial charge in [0.05, 0.1) is 11.1 Å². The highest BCUT2D eigenvalue weighted by molar-refractivity contribution is 6.10. The molecule has 3 N–H and O–H groups in total. The van der Waals surface area contributed by atoms with Gasteiger partial charge in [-0.25, -0.2) is 13.6 Å². The molecule has 21 heavy (non-hydrogen) atoms. The number of aromatic nitrogens is 2. The molecule has 0 spiro atoms. The maximum absolute atomic E-state index is 13.2. The predicted molar refractivity (Wildman–Crippen MR) is 69.2 cm³/mol. The van der Waals surface area contributed by atoms with Crippen LogP contribution in [0.4, 0.5) is 14.6 Å². The summed E-state index contributed by atoms with van der Waals surface area (Å²) in [6.07, 6.45) is 0.661. The molecule has 0 saturated heterocycles. The minimum atomic E-state index is -1.53. The van der Waals surface area contributed by atoms with Crippen LogP contribution in [-0.2, 0) is 6.42 Å². The molecule has 0 aliphatic carbocycles. The highest BCUT2D eigenvalue weighted by Gasteiger charge is 2.21. The van der Waals surface area contributed by atoms with Gasteiger partial charge in [-0.2, -0.15) is 5.10 Å². The summed E-state index contributed by atoms with van der Waals surface area (Å²) in [5.74, 6) is -4.90. The second-order valence-electron chi connectivity index (χ2n) is 4.20. The largest absolute Gasteiger partial charge is 0.478 e. The number of H-pyrrole nitrogens is 1. The van der Waals surface area contributed by atoms with E-state index in [1.165, 1.54) is 0 Å². The zero-order valence-electron chi connectivity index (χ0n) is 10.9. The number of carbonyl (C=O) groups excluding carboxylic acids is 1. The van der Waals surface area contributed by atoms with E-state index in [4.69, 9.17) is 5.11 Å². The summed E-state index contributed by atoms with van der Waals surface area (Å²) < 4.78 is 26.3. The van der Waals surface area contributed by atoms with Gasteiger partial charge in [-0.05, 0) is 18.6 Å². The normalized spacial score (nSPS) is 10.4. The lowest BCUT2D eigenvalue weighted by Gasteiger charge is -2.06. The maximum atomic E-state index is 13.2. The fourth-order valence-corrected chi connectivity index (χ4v) is 1.70. The lowest BCUT2D eigenvalue weighted by atomic mass is 10.1. The standard InChI is InChI=1S/C13H11F2N3O3/c1-2-6-3-11(18-17-6)16-12(19)7-4-9(14)10(15)5-8(7)13(20)21/h3-5H,2H2,1H3,(H,20,21)(H2,16,17,18,19). The summed E-state index contributed by atoms with van der Waals surface area (Å²) in [5.41, 5.74) is -0.353. The van der Waals surface area contributed by atoms with Crippen LogP contribution in [-0.4, -0.2) is 27.2 Å². The third-order valence-electron chi connectivity index (χ3n) is 2.79. The van der Waals surface area contributed by atoms with Crippen molar-refractivity contribution in [3.63, 3.8) is 0 Å². The molecule has 8 heteroatoms. The molecule has 2 rings (SSSR count). The van der Waals surface area contributed by atoms with E-state index in [1.807, 2.05) is 6.92 Å². The van der Waals surface area contributed by atoms with E-state index in [9.17, 15) is 18.4 Å². The van der Waals surface area contributed by atoms with Crippen LogP contribution >= 0.6 is 0 Å². The Morgan fingerprint density at radius 3 is 2.38 bits per heavy atom. The zero-order valence-corrected chi connectivity index (χ0v) is 10.9. The monoisotopic (exact) mass is 295 g/mol. The van der Waals surface area contributed by atoms with Crippen molar-refractivity contribution in [3.05, 3.63) is 46.7 Å². The first kappa shape index (κ1) is 14.6. The molecule has 0 unspecified atom stereocenters. The Morgan fingerprint density at radius 1 is 1.24 bits per heavy atom. The third kappa shape index (κ3) is 3.04. The van der Waals surface area contributed by atoms with Gasteiger partial charge in [-0.3, -0.25) is 9.89 Å². The van der Waals surface area contributed by atoms with Gasteiger partial charge >= 0.3 is 5.97 Å². The molecule has 1 heterocycles. The number of aromatic amines is 1. The second kappa shape index (κ2) is 5.70. The number of anilines is 1. The highest BCUT2D eigenvalue weighted by Crippen LogP contribution is 2.17. The van der Waals surface area contributed by atoms with Gasteiger partial charge in [0.15, 0.2) is 17.5 Å². The number of aromatic carboxylic acids is 1. The Morgan fingerprint density at radius 2 is 1.86 bits per heavy atom. The Labute approximate surface area is 117 Å². The van der Waals surface area contributed by atoms with Crippen molar-refractivity contribution in [2.75, 3.05) is 5.32 Å². The van der Waals surface area contributed by atoms with Crippen molar-refractivity contribution in [1.82, 2.24) is 10.2 Å². The Balaban J connectivity index is 2.34. The molecule has 1 aromatic carbocycles. The van der Waals surface area contributed by atoms with E-state index in [0.29, 0.717) is 18.6 Å². The van der Waals surface area contributed by atoms with Crippen molar-refractivity contribution < 1.29 is 23.5 Å². The summed E-state index contributed by atoms with van der Waals surface area (Å²) >= 11 is 0. The number of hydrogen-bond acceptors (Lipinski definition) is 3. The maximum Gasteiger partial charge on any atom is 0.336 e. The van der Waals surface area contributed by atoms with Gasteiger partial charge in [-0.1, -0.05) is 6.92 Å². The number of nitrogens with one attached hydrogen (secondary N) is 2. The second-order valence-corrected chi connectivity index (χ2v) is 4.20. The number of benzene rings is 1. The van der Waals surface area contributed by atoms with Gasteiger partial charge in [0.1, 0.15) is 0 Å². The molecular formula is C13H11F2N3O3. The minimum absolute atomic E-state index is 0.165. The van der Waals surface area contributed by atoms with E-state index in [-0.39, 0.29) is 5.82 Å². The quantitative estimate of drug-likeness (QED) is 0.805. The Hall–Kier alpha value is -2.77. The molecular weight excluding hydrogens is 284 g/mol. The zero-order chi connectivity index (χ0) is 15.6. The van der Waals surface area contributed by atoms with E-state index in [2.05, 4.69) is 15.5 Å². The highest BCUT2D eigenvalue weighted by atomic mass is 19.2. The van der Waals surface area contributed by atoms with Crippen molar-refractivity contribution in [3.8, 4) is 0 Å². The molecule has 1 aromatic heterocycles. The molecule has 6 nitrogen and oxygen atoms in total. The number of hydrogen-bond donors (Lipinski definition) is 3. The topological polar surface area (TPSA) is 95.1 Å². The third-order valence-corrected chi connectivity index (χ3v) is 2.79.